The molecule has 0 spiro atoms. The minimum atomic E-state index is -0.541. The van der Waals surface area contributed by atoms with Crippen LogP contribution in [0.5, 0.6) is 0 Å². The molecule has 3 rings (SSSR count). The Morgan fingerprint density at radius 2 is 1.69 bits per heavy atom. The van der Waals surface area contributed by atoms with E-state index in [9.17, 15) is 9.59 Å². The zero-order valence-electron chi connectivity index (χ0n) is 22.7. The number of likely N-dealkylation sites (tertiary alicyclic amines) is 1. The average Bonchev–Trinajstić information content (AvgIpc) is 2.75. The summed E-state index contributed by atoms with van der Waals surface area (Å²) >= 11 is 0. The number of fused-ring (bicyclic) bond motifs is 1. The molecule has 1 saturated carbocycles. The van der Waals surface area contributed by atoms with E-state index in [-0.39, 0.29) is 29.6 Å². The minimum absolute atomic E-state index is 0.0670. The molecule has 0 bridgehead atoms. The predicted octanol–water partition coefficient (Wildman–Crippen LogP) is 5.31. The van der Waals surface area contributed by atoms with E-state index in [0.717, 1.165) is 32.4 Å². The Hall–Kier alpha value is -2.08. The van der Waals surface area contributed by atoms with Crippen LogP contribution in [0.2, 0.25) is 0 Å². The molecule has 1 aromatic carbocycles. The second-order valence-corrected chi connectivity index (χ2v) is 12.6. The molecule has 35 heavy (non-hydrogen) atoms. The van der Waals surface area contributed by atoms with E-state index in [4.69, 9.17) is 4.74 Å². The number of rotatable bonds is 7. The Morgan fingerprint density at radius 1 is 1.03 bits per heavy atom. The van der Waals surface area contributed by atoms with E-state index in [2.05, 4.69) is 27.7 Å². The molecule has 1 heterocycles. The molecule has 4 atom stereocenters. The molecule has 4 unspecified atom stereocenters. The number of alkyl carbamates (subject to hydrolysis) is 1. The van der Waals surface area contributed by atoms with Gasteiger partial charge in [-0.15, -0.1) is 0 Å². The Bertz CT molecular complexity index is 828. The SMILES string of the molecule is CC(C)(C)NC(=O)C1CC2CCCCC2CN1CCC(Cc1ccccc1)NC(=O)OC(C)(C)C. The first kappa shape index (κ1) is 27.5. The van der Waals surface area contributed by atoms with Gasteiger partial charge in [-0.1, -0.05) is 49.6 Å². The smallest absolute Gasteiger partial charge is 0.407 e. The van der Waals surface area contributed by atoms with Crippen LogP contribution in [-0.4, -0.2) is 53.2 Å². The number of nitrogens with one attached hydrogen (secondary N) is 2. The van der Waals surface area contributed by atoms with Gasteiger partial charge in [0.25, 0.3) is 0 Å². The molecule has 196 valence electrons. The summed E-state index contributed by atoms with van der Waals surface area (Å²) in [4.78, 5) is 28.3. The Labute approximate surface area is 212 Å². The summed E-state index contributed by atoms with van der Waals surface area (Å²) in [5, 5.41) is 6.34. The molecule has 2 amide bonds. The van der Waals surface area contributed by atoms with Crippen LogP contribution >= 0.6 is 0 Å². The van der Waals surface area contributed by atoms with Crippen LogP contribution in [0, 0.1) is 11.8 Å². The summed E-state index contributed by atoms with van der Waals surface area (Å²) in [5.41, 5.74) is 0.391. The highest BCUT2D eigenvalue weighted by atomic mass is 16.6. The number of carbonyl (C=O) groups excluding carboxylic acids is 2. The van der Waals surface area contributed by atoms with Crippen LogP contribution in [0.4, 0.5) is 4.79 Å². The third-order valence-corrected chi connectivity index (χ3v) is 7.11. The van der Waals surface area contributed by atoms with Gasteiger partial charge >= 0.3 is 6.09 Å². The largest absolute Gasteiger partial charge is 0.444 e. The van der Waals surface area contributed by atoms with Crippen molar-refractivity contribution in [3.63, 3.8) is 0 Å². The number of nitrogens with zero attached hydrogens (tertiary/aromatic N) is 1. The van der Waals surface area contributed by atoms with Gasteiger partial charge in [-0.05, 0) is 84.6 Å². The lowest BCUT2D eigenvalue weighted by Gasteiger charge is -2.46. The Kier molecular flexibility index (Phi) is 9.25. The molecule has 0 radical (unpaired) electrons. The fourth-order valence-electron chi connectivity index (χ4n) is 5.59. The van der Waals surface area contributed by atoms with Gasteiger partial charge in [-0.25, -0.2) is 4.79 Å². The van der Waals surface area contributed by atoms with E-state index < -0.39 is 5.60 Å². The first-order chi connectivity index (χ1) is 16.4. The fourth-order valence-corrected chi connectivity index (χ4v) is 5.59. The number of piperidine rings is 1. The molecule has 1 aromatic rings. The van der Waals surface area contributed by atoms with Gasteiger partial charge in [0.05, 0.1) is 6.04 Å². The van der Waals surface area contributed by atoms with Crippen LogP contribution in [0.15, 0.2) is 30.3 Å². The third kappa shape index (κ3) is 9.14. The Balaban J connectivity index is 1.71. The topological polar surface area (TPSA) is 70.7 Å². The second-order valence-electron chi connectivity index (χ2n) is 12.6. The van der Waals surface area contributed by atoms with Crippen molar-refractivity contribution >= 4 is 12.0 Å². The van der Waals surface area contributed by atoms with Crippen molar-refractivity contribution in [3.05, 3.63) is 35.9 Å². The monoisotopic (exact) mass is 485 g/mol. The van der Waals surface area contributed by atoms with Crippen molar-refractivity contribution in [2.45, 2.75) is 110 Å². The van der Waals surface area contributed by atoms with E-state index in [1.54, 1.807) is 0 Å². The molecule has 6 nitrogen and oxygen atoms in total. The lowest BCUT2D eigenvalue weighted by molar-refractivity contribution is -0.131. The second kappa shape index (κ2) is 11.8. The van der Waals surface area contributed by atoms with Crippen LogP contribution in [-0.2, 0) is 16.0 Å². The van der Waals surface area contributed by atoms with Crippen molar-refractivity contribution in [1.29, 1.82) is 0 Å². The third-order valence-electron chi connectivity index (χ3n) is 7.11. The number of carbonyl (C=O) groups is 2. The number of ether oxygens (including phenoxy) is 1. The van der Waals surface area contributed by atoms with E-state index in [1.807, 2.05) is 59.7 Å². The first-order valence-corrected chi connectivity index (χ1v) is 13.5. The summed E-state index contributed by atoms with van der Waals surface area (Å²) in [7, 11) is 0. The van der Waals surface area contributed by atoms with Crippen molar-refractivity contribution < 1.29 is 14.3 Å². The molecule has 2 aliphatic rings. The molecule has 1 saturated heterocycles. The van der Waals surface area contributed by atoms with Crippen LogP contribution in [0.3, 0.4) is 0 Å². The minimum Gasteiger partial charge on any atom is -0.444 e. The highest BCUT2D eigenvalue weighted by Gasteiger charge is 2.40. The van der Waals surface area contributed by atoms with Crippen LogP contribution < -0.4 is 10.6 Å². The van der Waals surface area contributed by atoms with Gasteiger partial charge in [0, 0.05) is 24.7 Å². The van der Waals surface area contributed by atoms with Crippen molar-refractivity contribution in [2.75, 3.05) is 13.1 Å². The van der Waals surface area contributed by atoms with E-state index in [1.165, 1.54) is 31.2 Å². The zero-order valence-corrected chi connectivity index (χ0v) is 22.7. The quantitative estimate of drug-likeness (QED) is 0.549. The normalized spacial score (nSPS) is 24.2. The molecule has 6 heteroatoms. The highest BCUT2D eigenvalue weighted by molar-refractivity contribution is 5.82. The molecule has 2 fully saturated rings. The average molecular weight is 486 g/mol. The molecule has 1 aliphatic heterocycles. The van der Waals surface area contributed by atoms with Gasteiger partial charge in [0.2, 0.25) is 5.91 Å². The van der Waals surface area contributed by atoms with Crippen LogP contribution in [0.1, 0.15) is 85.6 Å². The summed E-state index contributed by atoms with van der Waals surface area (Å²) in [6.45, 7) is 13.5. The lowest BCUT2D eigenvalue weighted by atomic mass is 9.72. The van der Waals surface area contributed by atoms with Gasteiger partial charge < -0.3 is 15.4 Å². The Morgan fingerprint density at radius 3 is 2.31 bits per heavy atom. The summed E-state index contributed by atoms with van der Waals surface area (Å²) in [5.74, 6) is 1.46. The van der Waals surface area contributed by atoms with E-state index in [0.29, 0.717) is 11.8 Å². The van der Waals surface area contributed by atoms with Crippen LogP contribution in [0.25, 0.3) is 0 Å². The molecule has 2 N–H and O–H groups in total. The molecular formula is C29H47N3O3. The van der Waals surface area contributed by atoms with Gasteiger partial charge in [-0.3, -0.25) is 9.69 Å². The maximum atomic E-state index is 13.3. The number of amides is 2. The maximum Gasteiger partial charge on any atom is 0.407 e. The number of benzene rings is 1. The lowest BCUT2D eigenvalue weighted by Crippen LogP contribution is -2.58. The van der Waals surface area contributed by atoms with E-state index >= 15 is 0 Å². The zero-order chi connectivity index (χ0) is 25.6. The fraction of sp³-hybridized carbons (Fsp3) is 0.724. The van der Waals surface area contributed by atoms with Crippen molar-refractivity contribution in [1.82, 2.24) is 15.5 Å². The standard InChI is InChI=1S/C29H47N3O3/c1-28(2,3)31-26(33)25-19-22-14-10-11-15-23(22)20-32(25)17-16-24(18-21-12-8-7-9-13-21)30-27(34)35-29(4,5)6/h7-9,12-13,22-25H,10-11,14-20H2,1-6H3,(H,30,34)(H,31,33). The predicted molar refractivity (Wildman–Crippen MR) is 141 cm³/mol. The van der Waals surface area contributed by atoms with Gasteiger partial charge in [0.1, 0.15) is 5.60 Å². The summed E-state index contributed by atoms with van der Waals surface area (Å²) in [6.07, 6.45) is 7.15. The summed E-state index contributed by atoms with van der Waals surface area (Å²) in [6, 6.07) is 10.1. The molecule has 1 aliphatic carbocycles. The van der Waals surface area contributed by atoms with Crippen molar-refractivity contribution in [2.24, 2.45) is 11.8 Å². The number of hydrogen-bond donors (Lipinski definition) is 2. The summed E-state index contributed by atoms with van der Waals surface area (Å²) < 4.78 is 5.55. The number of hydrogen-bond acceptors (Lipinski definition) is 4. The highest BCUT2D eigenvalue weighted by Crippen LogP contribution is 2.38. The van der Waals surface area contributed by atoms with Crippen molar-refractivity contribution in [3.8, 4) is 0 Å². The maximum absolute atomic E-state index is 13.3. The van der Waals surface area contributed by atoms with Gasteiger partial charge in [-0.2, -0.15) is 0 Å². The van der Waals surface area contributed by atoms with Gasteiger partial charge in [0.15, 0.2) is 0 Å². The molecule has 0 aromatic heterocycles. The molecular weight excluding hydrogens is 438 g/mol. The first-order valence-electron chi connectivity index (χ1n) is 13.5.